The minimum absolute atomic E-state index is 0.0340. The molecule has 0 spiro atoms. The Morgan fingerprint density at radius 1 is 0.800 bits per heavy atom. The summed E-state index contributed by atoms with van der Waals surface area (Å²) in [6, 6.07) is 19.3. The number of ether oxygens (including phenoxy) is 2. The van der Waals surface area contributed by atoms with Gasteiger partial charge in [0.2, 0.25) is 10.0 Å². The first kappa shape index (κ1) is 24.3. The lowest BCUT2D eigenvalue weighted by molar-refractivity contribution is -0.167. The number of allylic oxidation sites excluding steroid dienone is 2. The zero-order chi connectivity index (χ0) is 25.2. The number of carbonyl (C=O) groups is 2. The van der Waals surface area contributed by atoms with Gasteiger partial charge in [-0.05, 0) is 46.5 Å². The quantitative estimate of drug-likeness (QED) is 0.413. The summed E-state index contributed by atoms with van der Waals surface area (Å²) in [4.78, 5) is 30.1. The Labute approximate surface area is 203 Å². The normalized spacial score (nSPS) is 15.1. The van der Waals surface area contributed by atoms with E-state index in [0.717, 1.165) is 22.4 Å². The molecular weight excluding hydrogens is 468 g/mol. The van der Waals surface area contributed by atoms with Gasteiger partial charge in [0.25, 0.3) is 0 Å². The number of nitrogens with two attached hydrogens (primary N) is 1. The molecule has 0 saturated carbocycles. The van der Waals surface area contributed by atoms with Crippen molar-refractivity contribution in [2.24, 2.45) is 10.6 Å². The van der Waals surface area contributed by atoms with E-state index >= 15 is 0 Å². The van der Waals surface area contributed by atoms with Gasteiger partial charge in [0.1, 0.15) is 0 Å². The van der Waals surface area contributed by atoms with Crippen LogP contribution in [0.25, 0.3) is 22.4 Å². The molecule has 4 rings (SSSR count). The summed E-state index contributed by atoms with van der Waals surface area (Å²) in [6.07, 6.45) is 1.83. The third-order valence-corrected chi connectivity index (χ3v) is 7.13. The molecule has 0 bridgehead atoms. The first-order valence-corrected chi connectivity index (χ1v) is 12.3. The van der Waals surface area contributed by atoms with Crippen molar-refractivity contribution in [3.8, 4) is 11.3 Å². The minimum Gasteiger partial charge on any atom is -0.468 e. The van der Waals surface area contributed by atoms with Gasteiger partial charge in [-0.15, -0.1) is 0 Å². The highest BCUT2D eigenvalue weighted by atomic mass is 32.2. The van der Waals surface area contributed by atoms with Gasteiger partial charge in [-0.3, -0.25) is 14.6 Å². The Balaban J connectivity index is 1.83. The van der Waals surface area contributed by atoms with Crippen LogP contribution < -0.4 is 5.14 Å². The summed E-state index contributed by atoms with van der Waals surface area (Å²) in [5.74, 6) is -1.38. The van der Waals surface area contributed by atoms with Crippen LogP contribution in [0.2, 0.25) is 0 Å². The predicted molar refractivity (Wildman–Crippen MR) is 130 cm³/mol. The van der Waals surface area contributed by atoms with E-state index in [1.807, 2.05) is 42.5 Å². The summed E-state index contributed by atoms with van der Waals surface area (Å²) in [5.41, 5.74) is 3.13. The molecule has 0 unspecified atom stereocenters. The van der Waals surface area contributed by atoms with Crippen molar-refractivity contribution in [2.45, 2.75) is 17.7 Å². The molecule has 0 saturated heterocycles. The van der Waals surface area contributed by atoms with Crippen molar-refractivity contribution in [3.63, 3.8) is 0 Å². The van der Waals surface area contributed by atoms with Gasteiger partial charge in [0.05, 0.1) is 24.8 Å². The molecule has 9 heteroatoms. The number of benzene rings is 2. The topological polar surface area (TPSA) is 126 Å². The van der Waals surface area contributed by atoms with Crippen molar-refractivity contribution in [3.05, 3.63) is 84.1 Å². The van der Waals surface area contributed by atoms with Crippen LogP contribution in [0.3, 0.4) is 0 Å². The number of aromatic nitrogens is 1. The van der Waals surface area contributed by atoms with Crippen LogP contribution in [-0.2, 0) is 29.1 Å². The van der Waals surface area contributed by atoms with Crippen molar-refractivity contribution >= 4 is 33.1 Å². The SMILES string of the molecule is COC(=O)C1(C(=O)OC)CC(c2ccc(-c3ccccn3)cc2)=C(c2ccc(S(N)(=O)=O)cc2)C1. The molecule has 0 radical (unpaired) electrons. The molecular formula is C26H24N2O6S. The van der Waals surface area contributed by atoms with Crippen molar-refractivity contribution in [1.82, 2.24) is 4.98 Å². The number of hydrogen-bond donors (Lipinski definition) is 1. The number of methoxy groups -OCH3 is 2. The van der Waals surface area contributed by atoms with E-state index in [4.69, 9.17) is 14.6 Å². The first-order valence-electron chi connectivity index (χ1n) is 10.7. The second-order valence-electron chi connectivity index (χ2n) is 8.24. The van der Waals surface area contributed by atoms with Crippen LogP contribution in [0.1, 0.15) is 24.0 Å². The van der Waals surface area contributed by atoms with Crippen LogP contribution >= 0.6 is 0 Å². The predicted octanol–water partition coefficient (Wildman–Crippen LogP) is 3.43. The largest absolute Gasteiger partial charge is 0.468 e. The van der Waals surface area contributed by atoms with Gasteiger partial charge < -0.3 is 9.47 Å². The molecule has 1 aliphatic rings. The maximum absolute atomic E-state index is 12.9. The minimum atomic E-state index is -3.87. The van der Waals surface area contributed by atoms with Crippen molar-refractivity contribution < 1.29 is 27.5 Å². The monoisotopic (exact) mass is 492 g/mol. The zero-order valence-corrected chi connectivity index (χ0v) is 20.0. The average molecular weight is 493 g/mol. The van der Waals surface area contributed by atoms with Crippen LogP contribution in [0.5, 0.6) is 0 Å². The number of hydrogen-bond acceptors (Lipinski definition) is 7. The molecule has 8 nitrogen and oxygen atoms in total. The van der Waals surface area contributed by atoms with E-state index in [2.05, 4.69) is 4.98 Å². The maximum atomic E-state index is 12.9. The van der Waals surface area contributed by atoms with Crippen LogP contribution in [0.4, 0.5) is 0 Å². The number of rotatable bonds is 6. The second kappa shape index (κ2) is 9.44. The fourth-order valence-electron chi connectivity index (χ4n) is 4.42. The molecule has 3 aromatic rings. The molecule has 0 amide bonds. The number of sulfonamides is 1. The summed E-state index contributed by atoms with van der Waals surface area (Å²) in [7, 11) is -1.41. The molecule has 1 aliphatic carbocycles. The molecule has 180 valence electrons. The smallest absolute Gasteiger partial charge is 0.323 e. The number of nitrogens with zero attached hydrogens (tertiary/aromatic N) is 1. The van der Waals surface area contributed by atoms with E-state index < -0.39 is 27.4 Å². The number of esters is 2. The standard InChI is InChI=1S/C26H24N2O6S/c1-33-24(29)26(25(30)34-2)15-21(17-6-8-19(9-7-17)23-5-3-4-14-28-23)22(16-26)18-10-12-20(13-11-18)35(27,31)32/h3-14H,15-16H2,1-2H3,(H2,27,31,32). The molecule has 2 aromatic carbocycles. The Morgan fingerprint density at radius 2 is 1.29 bits per heavy atom. The fraction of sp³-hybridized carbons (Fsp3) is 0.192. The van der Waals surface area contributed by atoms with Crippen LogP contribution in [-0.4, -0.2) is 39.6 Å². The lowest BCUT2D eigenvalue weighted by Crippen LogP contribution is -2.39. The maximum Gasteiger partial charge on any atom is 0.323 e. The zero-order valence-electron chi connectivity index (χ0n) is 19.2. The van der Waals surface area contributed by atoms with Gasteiger partial charge in [-0.25, -0.2) is 13.6 Å². The highest BCUT2D eigenvalue weighted by molar-refractivity contribution is 7.89. The lowest BCUT2D eigenvalue weighted by Gasteiger charge is -2.23. The average Bonchev–Trinajstić information content (AvgIpc) is 3.30. The van der Waals surface area contributed by atoms with Crippen molar-refractivity contribution in [2.75, 3.05) is 14.2 Å². The first-order chi connectivity index (χ1) is 16.7. The third kappa shape index (κ3) is 4.60. The molecule has 2 N–H and O–H groups in total. The fourth-order valence-corrected chi connectivity index (χ4v) is 4.93. The summed E-state index contributed by atoms with van der Waals surface area (Å²) in [6.45, 7) is 0. The molecule has 0 fully saturated rings. The molecule has 0 atom stereocenters. The lowest BCUT2D eigenvalue weighted by atomic mass is 9.82. The Bertz CT molecular complexity index is 1380. The number of pyridine rings is 1. The molecule has 1 heterocycles. The second-order valence-corrected chi connectivity index (χ2v) is 9.80. The third-order valence-electron chi connectivity index (χ3n) is 6.20. The molecule has 1 aromatic heterocycles. The highest BCUT2D eigenvalue weighted by Gasteiger charge is 2.53. The van der Waals surface area contributed by atoms with E-state index in [-0.39, 0.29) is 17.7 Å². The van der Waals surface area contributed by atoms with E-state index in [0.29, 0.717) is 11.1 Å². The number of primary sulfonamides is 1. The Hall–Kier alpha value is -3.82. The Kier molecular flexibility index (Phi) is 6.56. The summed E-state index contributed by atoms with van der Waals surface area (Å²) < 4.78 is 33.4. The van der Waals surface area contributed by atoms with E-state index in [9.17, 15) is 18.0 Å². The van der Waals surface area contributed by atoms with Crippen LogP contribution in [0.15, 0.2) is 77.8 Å². The summed E-state index contributed by atoms with van der Waals surface area (Å²) >= 11 is 0. The Morgan fingerprint density at radius 3 is 1.71 bits per heavy atom. The van der Waals surface area contributed by atoms with Gasteiger partial charge >= 0.3 is 11.9 Å². The van der Waals surface area contributed by atoms with Gasteiger partial charge in [-0.1, -0.05) is 42.5 Å². The highest BCUT2D eigenvalue weighted by Crippen LogP contribution is 2.51. The van der Waals surface area contributed by atoms with Gasteiger partial charge in [0, 0.05) is 24.6 Å². The molecule has 0 aliphatic heterocycles. The number of carbonyl (C=O) groups excluding carboxylic acids is 2. The summed E-state index contributed by atoms with van der Waals surface area (Å²) in [5, 5.41) is 5.23. The molecule has 35 heavy (non-hydrogen) atoms. The van der Waals surface area contributed by atoms with Crippen LogP contribution in [0, 0.1) is 5.41 Å². The van der Waals surface area contributed by atoms with E-state index in [1.165, 1.54) is 26.4 Å². The van der Waals surface area contributed by atoms with Gasteiger partial charge in [-0.2, -0.15) is 0 Å². The van der Waals surface area contributed by atoms with E-state index in [1.54, 1.807) is 18.3 Å². The van der Waals surface area contributed by atoms with Crippen molar-refractivity contribution in [1.29, 1.82) is 0 Å². The van der Waals surface area contributed by atoms with Gasteiger partial charge in [0.15, 0.2) is 5.41 Å².